The van der Waals surface area contributed by atoms with Crippen LogP contribution < -0.4 is 5.32 Å². The van der Waals surface area contributed by atoms with Crippen molar-refractivity contribution in [3.8, 4) is 0 Å². The van der Waals surface area contributed by atoms with Gasteiger partial charge in [-0.05, 0) is 25.7 Å². The highest BCUT2D eigenvalue weighted by atomic mass is 19.3. The van der Waals surface area contributed by atoms with Gasteiger partial charge in [0.1, 0.15) is 11.1 Å². The second kappa shape index (κ2) is 5.89. The van der Waals surface area contributed by atoms with Crippen LogP contribution in [0.2, 0.25) is 0 Å². The Bertz CT molecular complexity index is 416. The number of rotatable bonds is 4. The van der Waals surface area contributed by atoms with Gasteiger partial charge in [-0.1, -0.05) is 33.1 Å². The molecule has 1 heterocycles. The molecule has 0 aromatic carbocycles. The fraction of sp³-hybridized carbons (Fsp3) is 0.867. The molecule has 21 heavy (non-hydrogen) atoms. The molecule has 2 aliphatic rings. The Balaban J connectivity index is 2.40. The smallest absolute Gasteiger partial charge is 0.255 e. The van der Waals surface area contributed by atoms with E-state index >= 15 is 0 Å². The standard InChI is InChI=1S/C15H24F2N2O2/c1-3-15(4-2)12(20)18-14(8-6-5-7-9-14)13(21)19(15)10-11(16)17/h11H,3-10H2,1-2H3,(H,18,20). The highest BCUT2D eigenvalue weighted by Gasteiger charge is 2.57. The SMILES string of the molecule is CCC1(CC)C(=O)NC2(CCCCC2)C(=O)N1CC(F)F. The average Bonchev–Trinajstić information content (AvgIpc) is 2.46. The van der Waals surface area contributed by atoms with E-state index in [2.05, 4.69) is 5.32 Å². The minimum atomic E-state index is -2.63. The summed E-state index contributed by atoms with van der Waals surface area (Å²) in [5.41, 5.74) is -2.08. The first-order chi connectivity index (χ1) is 9.92. The van der Waals surface area contributed by atoms with Crippen molar-refractivity contribution >= 4 is 11.8 Å². The Hall–Kier alpha value is -1.20. The molecule has 1 N–H and O–H groups in total. The fourth-order valence-electron chi connectivity index (χ4n) is 3.81. The van der Waals surface area contributed by atoms with E-state index in [1.807, 2.05) is 0 Å². The van der Waals surface area contributed by atoms with Crippen LogP contribution in [-0.2, 0) is 9.59 Å². The van der Waals surface area contributed by atoms with E-state index in [4.69, 9.17) is 0 Å². The van der Waals surface area contributed by atoms with Gasteiger partial charge < -0.3 is 10.2 Å². The zero-order valence-corrected chi connectivity index (χ0v) is 12.8. The van der Waals surface area contributed by atoms with Gasteiger partial charge in [0, 0.05) is 0 Å². The van der Waals surface area contributed by atoms with Crippen molar-refractivity contribution in [2.24, 2.45) is 0 Å². The Kier molecular flexibility index (Phi) is 4.54. The van der Waals surface area contributed by atoms with Gasteiger partial charge in [0.25, 0.3) is 6.43 Å². The predicted octanol–water partition coefficient (Wildman–Crippen LogP) is 2.47. The number of nitrogens with zero attached hydrogens (tertiary/aromatic N) is 1. The number of nitrogens with one attached hydrogen (secondary N) is 1. The maximum Gasteiger partial charge on any atom is 0.255 e. The van der Waals surface area contributed by atoms with Crippen molar-refractivity contribution in [3.05, 3.63) is 0 Å². The number of carbonyl (C=O) groups is 2. The van der Waals surface area contributed by atoms with Gasteiger partial charge in [0.05, 0.1) is 6.54 Å². The van der Waals surface area contributed by atoms with E-state index in [1.54, 1.807) is 13.8 Å². The van der Waals surface area contributed by atoms with Crippen molar-refractivity contribution < 1.29 is 18.4 Å². The minimum Gasteiger partial charge on any atom is -0.340 e. The number of amides is 2. The fourth-order valence-corrected chi connectivity index (χ4v) is 3.81. The molecule has 0 aromatic heterocycles. The van der Waals surface area contributed by atoms with E-state index < -0.39 is 24.0 Å². The van der Waals surface area contributed by atoms with E-state index in [-0.39, 0.29) is 11.8 Å². The predicted molar refractivity (Wildman–Crippen MR) is 75.0 cm³/mol. The number of piperazine rings is 1. The summed E-state index contributed by atoms with van der Waals surface area (Å²) in [7, 11) is 0. The lowest BCUT2D eigenvalue weighted by Crippen LogP contribution is -2.76. The molecule has 120 valence electrons. The van der Waals surface area contributed by atoms with Crippen molar-refractivity contribution in [1.82, 2.24) is 10.2 Å². The van der Waals surface area contributed by atoms with Gasteiger partial charge in [-0.2, -0.15) is 0 Å². The lowest BCUT2D eigenvalue weighted by atomic mass is 9.74. The molecule has 1 aliphatic carbocycles. The van der Waals surface area contributed by atoms with Crippen molar-refractivity contribution in [2.45, 2.75) is 76.3 Å². The summed E-state index contributed by atoms with van der Waals surface area (Å²) in [5, 5.41) is 2.90. The van der Waals surface area contributed by atoms with Crippen molar-refractivity contribution in [3.63, 3.8) is 0 Å². The summed E-state index contributed by atoms with van der Waals surface area (Å²) in [6, 6.07) is 0. The zero-order valence-electron chi connectivity index (χ0n) is 12.8. The molecule has 2 amide bonds. The van der Waals surface area contributed by atoms with Crippen LogP contribution in [0.25, 0.3) is 0 Å². The van der Waals surface area contributed by atoms with Crippen LogP contribution in [0.5, 0.6) is 0 Å². The van der Waals surface area contributed by atoms with Gasteiger partial charge in [0.15, 0.2) is 0 Å². The molecule has 6 heteroatoms. The summed E-state index contributed by atoms with van der Waals surface area (Å²) in [5.74, 6) is -0.583. The van der Waals surface area contributed by atoms with Crippen LogP contribution in [0.3, 0.4) is 0 Å². The van der Waals surface area contributed by atoms with Crippen LogP contribution in [0.4, 0.5) is 8.78 Å². The second-order valence-electron chi connectivity index (χ2n) is 6.14. The van der Waals surface area contributed by atoms with E-state index in [1.165, 1.54) is 4.90 Å². The van der Waals surface area contributed by atoms with Crippen LogP contribution in [-0.4, -0.2) is 40.8 Å². The Morgan fingerprint density at radius 2 is 1.71 bits per heavy atom. The molecule has 2 fully saturated rings. The molecule has 1 saturated carbocycles. The molecule has 0 radical (unpaired) electrons. The van der Waals surface area contributed by atoms with Gasteiger partial charge in [-0.15, -0.1) is 0 Å². The quantitative estimate of drug-likeness (QED) is 0.867. The van der Waals surface area contributed by atoms with Crippen LogP contribution in [0.1, 0.15) is 58.8 Å². The summed E-state index contributed by atoms with van der Waals surface area (Å²) >= 11 is 0. The first kappa shape index (κ1) is 16.2. The zero-order chi connectivity index (χ0) is 15.7. The van der Waals surface area contributed by atoms with E-state index in [0.29, 0.717) is 25.7 Å². The molecule has 0 atom stereocenters. The molecule has 1 spiro atoms. The maximum absolute atomic E-state index is 13.0. The lowest BCUT2D eigenvalue weighted by molar-refractivity contribution is -0.168. The van der Waals surface area contributed by atoms with Gasteiger partial charge >= 0.3 is 0 Å². The third kappa shape index (κ3) is 2.53. The summed E-state index contributed by atoms with van der Waals surface area (Å²) in [6.45, 7) is 2.89. The number of halogens is 2. The highest BCUT2D eigenvalue weighted by Crippen LogP contribution is 2.39. The maximum atomic E-state index is 13.0. The Morgan fingerprint density at radius 1 is 1.14 bits per heavy atom. The Morgan fingerprint density at radius 3 is 2.19 bits per heavy atom. The van der Waals surface area contributed by atoms with Crippen LogP contribution >= 0.6 is 0 Å². The molecular weight excluding hydrogens is 278 g/mol. The second-order valence-corrected chi connectivity index (χ2v) is 6.14. The van der Waals surface area contributed by atoms with E-state index in [0.717, 1.165) is 19.3 Å². The normalized spacial score (nSPS) is 24.5. The number of carbonyl (C=O) groups excluding carboxylic acids is 2. The summed E-state index contributed by atoms with van der Waals surface area (Å²) in [4.78, 5) is 26.7. The van der Waals surface area contributed by atoms with Crippen LogP contribution in [0, 0.1) is 0 Å². The van der Waals surface area contributed by atoms with Gasteiger partial charge in [-0.3, -0.25) is 9.59 Å². The third-order valence-electron chi connectivity index (χ3n) is 5.14. The number of hydrogen-bond acceptors (Lipinski definition) is 2. The van der Waals surface area contributed by atoms with Gasteiger partial charge in [-0.25, -0.2) is 8.78 Å². The van der Waals surface area contributed by atoms with Gasteiger partial charge in [0.2, 0.25) is 11.8 Å². The molecule has 4 nitrogen and oxygen atoms in total. The molecule has 1 aliphatic heterocycles. The first-order valence-corrected chi connectivity index (χ1v) is 7.84. The summed E-state index contributed by atoms with van der Waals surface area (Å²) < 4.78 is 25.9. The molecule has 0 aromatic rings. The van der Waals surface area contributed by atoms with E-state index in [9.17, 15) is 18.4 Å². The first-order valence-electron chi connectivity index (χ1n) is 7.84. The lowest BCUT2D eigenvalue weighted by Gasteiger charge is -2.53. The molecule has 0 unspecified atom stereocenters. The molecule has 1 saturated heterocycles. The average molecular weight is 302 g/mol. The minimum absolute atomic E-state index is 0.269. The van der Waals surface area contributed by atoms with Crippen molar-refractivity contribution in [2.75, 3.05) is 6.54 Å². The monoisotopic (exact) mass is 302 g/mol. The summed E-state index contributed by atoms with van der Waals surface area (Å²) in [6.07, 6.45) is 1.90. The molecular formula is C15H24F2N2O2. The Labute approximate surface area is 124 Å². The number of alkyl halides is 2. The number of hydrogen-bond donors (Lipinski definition) is 1. The topological polar surface area (TPSA) is 49.4 Å². The largest absolute Gasteiger partial charge is 0.340 e. The third-order valence-corrected chi connectivity index (χ3v) is 5.14. The van der Waals surface area contributed by atoms with Crippen molar-refractivity contribution in [1.29, 1.82) is 0 Å². The highest BCUT2D eigenvalue weighted by molar-refractivity contribution is 6.02. The molecule has 0 bridgehead atoms. The molecule has 2 rings (SSSR count). The van der Waals surface area contributed by atoms with Crippen LogP contribution in [0.15, 0.2) is 0 Å².